The summed E-state index contributed by atoms with van der Waals surface area (Å²) in [5.74, 6) is 0.914. The quantitative estimate of drug-likeness (QED) is 0.343. The van der Waals surface area contributed by atoms with Crippen molar-refractivity contribution >= 4 is 23.5 Å². The smallest absolute Gasteiger partial charge is 0.308 e. The molecule has 0 radical (unpaired) electrons. The summed E-state index contributed by atoms with van der Waals surface area (Å²) in [7, 11) is 1.45. The number of para-hydroxylation sites is 1. The molecule has 158 valence electrons. The number of hydrogen-bond donors (Lipinski definition) is 1. The third kappa shape index (κ3) is 5.28. The molecule has 3 rings (SSSR count). The number of methoxy groups -OCH3 is 1. The second-order valence-corrected chi connectivity index (χ2v) is 7.55. The van der Waals surface area contributed by atoms with Gasteiger partial charge in [-0.05, 0) is 44.2 Å². The van der Waals surface area contributed by atoms with E-state index in [4.69, 9.17) is 9.73 Å². The molecule has 7 heteroatoms. The molecule has 29 heavy (non-hydrogen) atoms. The van der Waals surface area contributed by atoms with Crippen molar-refractivity contribution in [3.8, 4) is 0 Å². The van der Waals surface area contributed by atoms with E-state index in [0.29, 0.717) is 13.0 Å². The highest BCUT2D eigenvalue weighted by Crippen LogP contribution is 2.28. The van der Waals surface area contributed by atoms with Gasteiger partial charge in [0.05, 0.1) is 13.0 Å². The molecule has 1 aromatic rings. The minimum atomic E-state index is -0.117. The van der Waals surface area contributed by atoms with E-state index < -0.39 is 0 Å². The maximum atomic E-state index is 12.6. The SMILES string of the molecule is CCNC(=NCCCC(=O)N1CCc2ccccc21)N1CCC(C(=O)OC)CC1. The zero-order chi connectivity index (χ0) is 20.6. The number of guanidine groups is 1. The van der Waals surface area contributed by atoms with Gasteiger partial charge in [-0.1, -0.05) is 18.2 Å². The number of carbonyl (C=O) groups excluding carboxylic acids is 2. The number of amides is 1. The molecule has 0 aliphatic carbocycles. The van der Waals surface area contributed by atoms with Crippen molar-refractivity contribution in [3.05, 3.63) is 29.8 Å². The molecule has 0 spiro atoms. The van der Waals surface area contributed by atoms with E-state index in [-0.39, 0.29) is 17.8 Å². The van der Waals surface area contributed by atoms with Gasteiger partial charge in [0.15, 0.2) is 5.96 Å². The first-order chi connectivity index (χ1) is 14.1. The predicted molar refractivity (Wildman–Crippen MR) is 114 cm³/mol. The lowest BCUT2D eigenvalue weighted by molar-refractivity contribution is -0.146. The van der Waals surface area contributed by atoms with E-state index in [1.165, 1.54) is 12.7 Å². The third-order valence-corrected chi connectivity index (χ3v) is 5.66. The summed E-state index contributed by atoms with van der Waals surface area (Å²) < 4.78 is 4.86. The monoisotopic (exact) mass is 400 g/mol. The Bertz CT molecular complexity index is 741. The van der Waals surface area contributed by atoms with E-state index in [1.807, 2.05) is 30.0 Å². The van der Waals surface area contributed by atoms with Crippen LogP contribution in [0.1, 0.15) is 38.2 Å². The Hall–Kier alpha value is -2.57. The fourth-order valence-corrected chi connectivity index (χ4v) is 4.07. The van der Waals surface area contributed by atoms with E-state index in [2.05, 4.69) is 16.3 Å². The van der Waals surface area contributed by atoms with E-state index >= 15 is 0 Å². The number of nitrogens with one attached hydrogen (secondary N) is 1. The van der Waals surface area contributed by atoms with Crippen molar-refractivity contribution in [1.82, 2.24) is 10.2 Å². The molecule has 0 bridgehead atoms. The second kappa shape index (κ2) is 10.3. The van der Waals surface area contributed by atoms with Crippen molar-refractivity contribution in [3.63, 3.8) is 0 Å². The number of rotatable bonds is 6. The Balaban J connectivity index is 1.47. The number of hydrogen-bond acceptors (Lipinski definition) is 4. The number of likely N-dealkylation sites (tertiary alicyclic amines) is 1. The van der Waals surface area contributed by atoms with Crippen LogP contribution in [0.2, 0.25) is 0 Å². The van der Waals surface area contributed by atoms with Crippen molar-refractivity contribution < 1.29 is 14.3 Å². The van der Waals surface area contributed by atoms with Crippen LogP contribution in [-0.4, -0.2) is 62.6 Å². The van der Waals surface area contributed by atoms with Crippen LogP contribution < -0.4 is 10.2 Å². The van der Waals surface area contributed by atoms with Gasteiger partial charge in [0.2, 0.25) is 5.91 Å². The number of benzene rings is 1. The van der Waals surface area contributed by atoms with Gasteiger partial charge in [0.25, 0.3) is 0 Å². The number of nitrogens with zero attached hydrogens (tertiary/aromatic N) is 3. The molecular weight excluding hydrogens is 368 g/mol. The molecule has 0 atom stereocenters. The van der Waals surface area contributed by atoms with Gasteiger partial charge in [0, 0.05) is 44.8 Å². The maximum Gasteiger partial charge on any atom is 0.308 e. The van der Waals surface area contributed by atoms with Crippen molar-refractivity contribution in [2.45, 2.75) is 39.0 Å². The zero-order valence-electron chi connectivity index (χ0n) is 17.5. The van der Waals surface area contributed by atoms with Crippen molar-refractivity contribution in [1.29, 1.82) is 0 Å². The Labute approximate surface area is 173 Å². The normalized spacial score (nSPS) is 17.2. The summed E-state index contributed by atoms with van der Waals surface area (Å²) in [6, 6.07) is 8.14. The van der Waals surface area contributed by atoms with Crippen LogP contribution in [0.4, 0.5) is 5.69 Å². The second-order valence-electron chi connectivity index (χ2n) is 7.55. The lowest BCUT2D eigenvalue weighted by atomic mass is 9.97. The molecule has 2 aliphatic heterocycles. The lowest BCUT2D eigenvalue weighted by Crippen LogP contribution is -2.46. The topological polar surface area (TPSA) is 74.2 Å². The van der Waals surface area contributed by atoms with Crippen LogP contribution in [0.5, 0.6) is 0 Å². The summed E-state index contributed by atoms with van der Waals surface area (Å²) in [6.45, 7) is 5.80. The van der Waals surface area contributed by atoms with Gasteiger partial charge in [-0.25, -0.2) is 0 Å². The minimum Gasteiger partial charge on any atom is -0.469 e. The van der Waals surface area contributed by atoms with Gasteiger partial charge < -0.3 is 19.9 Å². The van der Waals surface area contributed by atoms with Crippen molar-refractivity contribution in [2.24, 2.45) is 10.9 Å². The van der Waals surface area contributed by atoms with Gasteiger partial charge in [-0.15, -0.1) is 0 Å². The molecule has 0 unspecified atom stereocenters. The molecule has 2 aliphatic rings. The fraction of sp³-hybridized carbons (Fsp3) is 0.591. The van der Waals surface area contributed by atoms with Crippen LogP contribution in [0.3, 0.4) is 0 Å². The average molecular weight is 401 g/mol. The number of esters is 1. The summed E-state index contributed by atoms with van der Waals surface area (Å²) in [6.07, 6.45) is 3.73. The molecular formula is C22H32N4O3. The highest BCUT2D eigenvalue weighted by Gasteiger charge is 2.27. The third-order valence-electron chi connectivity index (χ3n) is 5.66. The standard InChI is InChI=1S/C22H32N4O3/c1-3-23-22(25-14-10-18(11-15-25)21(28)29-2)24-13-6-9-20(27)26-16-12-17-7-4-5-8-19(17)26/h4-5,7-8,18H,3,6,9-16H2,1-2H3,(H,23,24). The van der Waals surface area contributed by atoms with Crippen LogP contribution in [0.15, 0.2) is 29.3 Å². The largest absolute Gasteiger partial charge is 0.469 e. The molecule has 1 aromatic carbocycles. The zero-order valence-corrected chi connectivity index (χ0v) is 17.5. The van der Waals surface area contributed by atoms with Crippen LogP contribution in [-0.2, 0) is 20.7 Å². The fourth-order valence-electron chi connectivity index (χ4n) is 4.07. The van der Waals surface area contributed by atoms with Gasteiger partial charge >= 0.3 is 5.97 Å². The van der Waals surface area contributed by atoms with Gasteiger partial charge in [-0.2, -0.15) is 0 Å². The molecule has 1 fully saturated rings. The number of aliphatic imine (C=N–C) groups is 1. The Morgan fingerprint density at radius 3 is 2.69 bits per heavy atom. The predicted octanol–water partition coefficient (Wildman–Crippen LogP) is 2.21. The van der Waals surface area contributed by atoms with Crippen molar-refractivity contribution in [2.75, 3.05) is 44.7 Å². The number of fused-ring (bicyclic) bond motifs is 1. The Morgan fingerprint density at radius 2 is 1.97 bits per heavy atom. The van der Waals surface area contributed by atoms with Crippen LogP contribution >= 0.6 is 0 Å². The van der Waals surface area contributed by atoms with E-state index in [0.717, 1.165) is 63.5 Å². The Kier molecular flexibility index (Phi) is 7.49. The average Bonchev–Trinajstić information content (AvgIpc) is 3.19. The Morgan fingerprint density at radius 1 is 1.21 bits per heavy atom. The summed E-state index contributed by atoms with van der Waals surface area (Å²) in [5.41, 5.74) is 2.31. The number of ether oxygens (including phenoxy) is 1. The van der Waals surface area contributed by atoms with E-state index in [9.17, 15) is 9.59 Å². The summed E-state index contributed by atoms with van der Waals surface area (Å²) in [4.78, 5) is 33.1. The molecule has 0 saturated carbocycles. The minimum absolute atomic E-state index is 0.0138. The van der Waals surface area contributed by atoms with Crippen LogP contribution in [0.25, 0.3) is 0 Å². The highest BCUT2D eigenvalue weighted by molar-refractivity contribution is 5.95. The van der Waals surface area contributed by atoms with Crippen LogP contribution in [0, 0.1) is 5.92 Å². The number of piperidine rings is 1. The van der Waals surface area contributed by atoms with E-state index in [1.54, 1.807) is 0 Å². The molecule has 1 saturated heterocycles. The first-order valence-electron chi connectivity index (χ1n) is 10.6. The molecule has 1 amide bonds. The highest BCUT2D eigenvalue weighted by atomic mass is 16.5. The maximum absolute atomic E-state index is 12.6. The summed E-state index contributed by atoms with van der Waals surface area (Å²) in [5, 5.41) is 3.33. The van der Waals surface area contributed by atoms with Gasteiger partial charge in [0.1, 0.15) is 0 Å². The van der Waals surface area contributed by atoms with Gasteiger partial charge in [-0.3, -0.25) is 14.6 Å². The first kappa shape index (κ1) is 21.1. The molecule has 2 heterocycles. The number of carbonyl (C=O) groups is 2. The lowest BCUT2D eigenvalue weighted by Gasteiger charge is -2.33. The molecule has 0 aromatic heterocycles. The molecule has 1 N–H and O–H groups in total. The summed E-state index contributed by atoms with van der Waals surface area (Å²) >= 11 is 0. The number of anilines is 1. The molecule has 7 nitrogen and oxygen atoms in total. The first-order valence-corrected chi connectivity index (χ1v) is 10.6.